The van der Waals surface area contributed by atoms with E-state index in [1.807, 2.05) is 12.1 Å². The summed E-state index contributed by atoms with van der Waals surface area (Å²) in [6.45, 7) is 1.94. The molecule has 0 bridgehead atoms. The van der Waals surface area contributed by atoms with E-state index in [4.69, 9.17) is 10.5 Å². The Hall–Kier alpha value is -3.23. The maximum absolute atomic E-state index is 11.7. The number of hydrogen-bond donors (Lipinski definition) is 2. The number of carbonyl (C=O) groups is 2. The van der Waals surface area contributed by atoms with Crippen molar-refractivity contribution in [1.82, 2.24) is 20.4 Å². The van der Waals surface area contributed by atoms with E-state index in [-0.39, 0.29) is 24.0 Å². The number of esters is 1. The van der Waals surface area contributed by atoms with Gasteiger partial charge in [0.05, 0.1) is 18.0 Å². The molecule has 3 rings (SSSR count). The number of aromatic nitrogens is 3. The molecule has 2 heterocycles. The third kappa shape index (κ3) is 2.96. The molecule has 0 aliphatic carbocycles. The number of nitrogen functional groups attached to an aromatic ring is 1. The molecule has 0 radical (unpaired) electrons. The van der Waals surface area contributed by atoms with E-state index >= 15 is 0 Å². The molecule has 0 saturated heterocycles. The van der Waals surface area contributed by atoms with Crippen molar-refractivity contribution >= 4 is 23.4 Å². The Bertz CT molecular complexity index is 809. The average Bonchev–Trinajstić information content (AvgIpc) is 2.98. The van der Waals surface area contributed by atoms with Gasteiger partial charge in [-0.2, -0.15) is 9.78 Å². The van der Waals surface area contributed by atoms with Crippen LogP contribution in [0.25, 0.3) is 5.69 Å². The van der Waals surface area contributed by atoms with Crippen LogP contribution in [0.3, 0.4) is 0 Å². The summed E-state index contributed by atoms with van der Waals surface area (Å²) in [5.41, 5.74) is 10.7. The zero-order valence-electron chi connectivity index (χ0n) is 13.0. The van der Waals surface area contributed by atoms with Crippen molar-refractivity contribution in [2.75, 3.05) is 12.3 Å². The highest BCUT2D eigenvalue weighted by Crippen LogP contribution is 2.18. The number of ether oxygens (including phenoxy) is 1. The first-order valence-electron chi connectivity index (χ1n) is 7.44. The monoisotopic (exact) mass is 328 g/mol. The van der Waals surface area contributed by atoms with E-state index in [2.05, 4.69) is 20.8 Å². The second kappa shape index (κ2) is 6.49. The predicted molar refractivity (Wildman–Crippen MR) is 85.6 cm³/mol. The lowest BCUT2D eigenvalue weighted by Gasteiger charge is -2.12. The highest BCUT2D eigenvalue weighted by Gasteiger charge is 2.19. The van der Waals surface area contributed by atoms with Crippen LogP contribution in [-0.2, 0) is 9.53 Å². The lowest BCUT2D eigenvalue weighted by Crippen LogP contribution is -2.25. The van der Waals surface area contributed by atoms with Gasteiger partial charge in [-0.05, 0) is 24.6 Å². The topological polar surface area (TPSA) is 124 Å². The lowest BCUT2D eigenvalue weighted by molar-refractivity contribution is -0.121. The van der Waals surface area contributed by atoms with Crippen LogP contribution in [0, 0.1) is 0 Å². The Kier molecular flexibility index (Phi) is 4.23. The van der Waals surface area contributed by atoms with E-state index in [1.165, 1.54) is 4.68 Å². The fourth-order valence-corrected chi connectivity index (χ4v) is 2.30. The van der Waals surface area contributed by atoms with Crippen LogP contribution < -0.4 is 11.2 Å². The minimum absolute atomic E-state index is 0.0136. The van der Waals surface area contributed by atoms with Gasteiger partial charge in [-0.3, -0.25) is 4.79 Å². The maximum Gasteiger partial charge on any atom is 0.362 e. The number of carbonyl (C=O) groups excluding carboxylic acids is 2. The van der Waals surface area contributed by atoms with Crippen molar-refractivity contribution in [1.29, 1.82) is 0 Å². The Morgan fingerprint density at radius 2 is 2.08 bits per heavy atom. The van der Waals surface area contributed by atoms with Gasteiger partial charge in [0.25, 0.3) is 0 Å². The quantitative estimate of drug-likeness (QED) is 0.794. The highest BCUT2D eigenvalue weighted by atomic mass is 16.5. The zero-order chi connectivity index (χ0) is 17.1. The van der Waals surface area contributed by atoms with E-state index in [0.717, 1.165) is 11.3 Å². The van der Waals surface area contributed by atoms with Crippen molar-refractivity contribution in [2.24, 2.45) is 5.10 Å². The maximum atomic E-state index is 11.7. The molecular formula is C15H16N6O3. The van der Waals surface area contributed by atoms with Crippen molar-refractivity contribution in [3.63, 3.8) is 0 Å². The summed E-state index contributed by atoms with van der Waals surface area (Å²) in [6, 6.07) is 7.26. The molecule has 0 atom stereocenters. The summed E-state index contributed by atoms with van der Waals surface area (Å²) < 4.78 is 6.24. The molecule has 0 spiro atoms. The third-order valence-corrected chi connectivity index (χ3v) is 3.52. The minimum Gasteiger partial charge on any atom is -0.461 e. The zero-order valence-corrected chi connectivity index (χ0v) is 13.0. The number of nitrogens with one attached hydrogen (secondary N) is 1. The fraction of sp³-hybridized carbons (Fsp3) is 0.267. The summed E-state index contributed by atoms with van der Waals surface area (Å²) in [4.78, 5) is 22.9. The van der Waals surface area contributed by atoms with Crippen molar-refractivity contribution in [3.05, 3.63) is 35.5 Å². The second-order valence-corrected chi connectivity index (χ2v) is 5.10. The summed E-state index contributed by atoms with van der Waals surface area (Å²) in [6.07, 6.45) is 1.00. The Labute approximate surface area is 137 Å². The van der Waals surface area contributed by atoms with Crippen molar-refractivity contribution in [2.45, 2.75) is 19.8 Å². The van der Waals surface area contributed by atoms with Gasteiger partial charge in [0, 0.05) is 12.8 Å². The molecule has 9 heteroatoms. The van der Waals surface area contributed by atoms with Gasteiger partial charge in [-0.25, -0.2) is 10.2 Å². The van der Waals surface area contributed by atoms with Crippen LogP contribution in [0.2, 0.25) is 0 Å². The molecule has 1 aliphatic rings. The van der Waals surface area contributed by atoms with Crippen LogP contribution in [-0.4, -0.2) is 39.2 Å². The molecule has 1 amide bonds. The molecule has 0 fully saturated rings. The molecule has 124 valence electrons. The number of benzene rings is 1. The summed E-state index contributed by atoms with van der Waals surface area (Å²) >= 11 is 0. The first-order valence-corrected chi connectivity index (χ1v) is 7.44. The SMILES string of the molecule is CCOC(=O)c1nnn(-c2ccc(C3=NNC(=O)CC3)cc2)c1N. The van der Waals surface area contributed by atoms with E-state index in [9.17, 15) is 9.59 Å². The molecule has 0 unspecified atom stereocenters. The number of nitrogens with zero attached hydrogens (tertiary/aromatic N) is 4. The van der Waals surface area contributed by atoms with Gasteiger partial charge in [-0.1, -0.05) is 17.3 Å². The van der Waals surface area contributed by atoms with Gasteiger partial charge in [0.15, 0.2) is 5.82 Å². The Morgan fingerprint density at radius 3 is 2.71 bits per heavy atom. The van der Waals surface area contributed by atoms with E-state index in [0.29, 0.717) is 18.5 Å². The largest absolute Gasteiger partial charge is 0.461 e. The molecule has 1 aliphatic heterocycles. The number of rotatable bonds is 4. The van der Waals surface area contributed by atoms with Gasteiger partial charge >= 0.3 is 5.97 Å². The van der Waals surface area contributed by atoms with E-state index in [1.54, 1.807) is 19.1 Å². The molecule has 2 aromatic rings. The molecule has 0 saturated carbocycles. The van der Waals surface area contributed by atoms with Crippen LogP contribution in [0.1, 0.15) is 35.8 Å². The lowest BCUT2D eigenvalue weighted by atomic mass is 10.0. The standard InChI is InChI=1S/C15H16N6O3/c1-2-24-15(23)13-14(16)21(20-19-13)10-5-3-9(4-6-10)11-7-8-12(22)18-17-11/h3-6H,2,7-8,16H2,1H3,(H,18,22). The van der Waals surface area contributed by atoms with Gasteiger partial charge in [0.1, 0.15) is 0 Å². The Morgan fingerprint density at radius 1 is 1.33 bits per heavy atom. The van der Waals surface area contributed by atoms with Crippen molar-refractivity contribution < 1.29 is 14.3 Å². The molecule has 1 aromatic carbocycles. The smallest absolute Gasteiger partial charge is 0.362 e. The van der Waals surface area contributed by atoms with Crippen LogP contribution >= 0.6 is 0 Å². The summed E-state index contributed by atoms with van der Waals surface area (Å²) in [7, 11) is 0. The molecular weight excluding hydrogens is 312 g/mol. The van der Waals surface area contributed by atoms with E-state index < -0.39 is 5.97 Å². The number of anilines is 1. The Balaban J connectivity index is 1.84. The number of hydrazone groups is 1. The number of nitrogens with two attached hydrogens (primary N) is 1. The minimum atomic E-state index is -0.606. The first kappa shape index (κ1) is 15.7. The van der Waals surface area contributed by atoms with Gasteiger partial charge < -0.3 is 10.5 Å². The van der Waals surface area contributed by atoms with Crippen LogP contribution in [0.5, 0.6) is 0 Å². The third-order valence-electron chi connectivity index (χ3n) is 3.52. The van der Waals surface area contributed by atoms with Crippen LogP contribution in [0.4, 0.5) is 5.82 Å². The number of hydrogen-bond acceptors (Lipinski definition) is 7. The van der Waals surface area contributed by atoms with Gasteiger partial charge in [-0.15, -0.1) is 5.10 Å². The summed E-state index contributed by atoms with van der Waals surface area (Å²) in [5.74, 6) is -0.578. The predicted octanol–water partition coefficient (Wildman–Crippen LogP) is 0.640. The number of amides is 1. The first-order chi connectivity index (χ1) is 11.6. The van der Waals surface area contributed by atoms with Crippen molar-refractivity contribution in [3.8, 4) is 5.69 Å². The second-order valence-electron chi connectivity index (χ2n) is 5.10. The average molecular weight is 328 g/mol. The summed E-state index contributed by atoms with van der Waals surface area (Å²) in [5, 5.41) is 11.7. The normalized spacial score (nSPS) is 14.0. The van der Waals surface area contributed by atoms with Gasteiger partial charge in [0.2, 0.25) is 11.6 Å². The molecule has 9 nitrogen and oxygen atoms in total. The van der Waals surface area contributed by atoms with Crippen LogP contribution in [0.15, 0.2) is 29.4 Å². The molecule has 1 aromatic heterocycles. The molecule has 24 heavy (non-hydrogen) atoms. The molecule has 3 N–H and O–H groups in total. The highest BCUT2D eigenvalue weighted by molar-refractivity contribution is 6.04. The fourth-order valence-electron chi connectivity index (χ4n) is 2.30.